The molecule has 18 heavy (non-hydrogen) atoms. The van der Waals surface area contributed by atoms with Gasteiger partial charge in [0.2, 0.25) is 0 Å². The summed E-state index contributed by atoms with van der Waals surface area (Å²) >= 11 is 0. The third kappa shape index (κ3) is 1.63. The molecule has 0 saturated carbocycles. The van der Waals surface area contributed by atoms with Gasteiger partial charge in [0.05, 0.1) is 19.0 Å². The van der Waals surface area contributed by atoms with Crippen LogP contribution in [0.1, 0.15) is 19.6 Å². The summed E-state index contributed by atoms with van der Waals surface area (Å²) in [5.74, 6) is 0.667. The minimum Gasteiger partial charge on any atom is -0.394 e. The number of aliphatic hydroxyl groups excluding tert-OH is 1. The Bertz CT molecular complexity index is 570. The normalized spacial score (nSPS) is 28.0. The predicted molar refractivity (Wildman–Crippen MR) is 64.5 cm³/mol. The first-order chi connectivity index (χ1) is 8.70. The van der Waals surface area contributed by atoms with Gasteiger partial charge in [-0.15, -0.1) is 0 Å². The summed E-state index contributed by atoms with van der Waals surface area (Å²) in [6, 6.07) is 0. The molecule has 2 unspecified atom stereocenters. The number of aromatic nitrogens is 4. The first-order valence-electron chi connectivity index (χ1n) is 5.90. The summed E-state index contributed by atoms with van der Waals surface area (Å²) in [6.45, 7) is 2.09. The standard InChI is InChI=1S/C11H15N5O2/c1-6-2-8(18-7(6)3-17)16-5-15-9-10(12)13-4-14-11(9)16/h4-8,17H,2-3H2,1H3,(H2,12,13,14)/t6?,7-,8?/m1/s1. The van der Waals surface area contributed by atoms with Crippen molar-refractivity contribution < 1.29 is 9.84 Å². The Hall–Kier alpha value is -1.73. The number of ether oxygens (including phenoxy) is 1. The molecule has 0 spiro atoms. The van der Waals surface area contributed by atoms with E-state index in [2.05, 4.69) is 21.9 Å². The highest BCUT2D eigenvalue weighted by atomic mass is 16.5. The highest BCUT2D eigenvalue weighted by Gasteiger charge is 2.33. The molecule has 0 radical (unpaired) electrons. The topological polar surface area (TPSA) is 99.1 Å². The molecular weight excluding hydrogens is 234 g/mol. The van der Waals surface area contributed by atoms with Crippen LogP contribution >= 0.6 is 0 Å². The first-order valence-corrected chi connectivity index (χ1v) is 5.90. The molecule has 2 aromatic heterocycles. The monoisotopic (exact) mass is 249 g/mol. The van der Waals surface area contributed by atoms with Crippen LogP contribution in [-0.2, 0) is 4.74 Å². The van der Waals surface area contributed by atoms with Gasteiger partial charge in [0.25, 0.3) is 0 Å². The fourth-order valence-electron chi connectivity index (χ4n) is 2.34. The van der Waals surface area contributed by atoms with Gasteiger partial charge in [0, 0.05) is 0 Å². The van der Waals surface area contributed by atoms with E-state index >= 15 is 0 Å². The van der Waals surface area contributed by atoms with Crippen LogP contribution in [0.25, 0.3) is 11.2 Å². The Balaban J connectivity index is 1.99. The Morgan fingerprint density at radius 1 is 1.50 bits per heavy atom. The van der Waals surface area contributed by atoms with Gasteiger partial charge in [-0.3, -0.25) is 4.57 Å². The van der Waals surface area contributed by atoms with Crippen LogP contribution in [0, 0.1) is 5.92 Å². The zero-order valence-corrected chi connectivity index (χ0v) is 10.0. The quantitative estimate of drug-likeness (QED) is 0.795. The smallest absolute Gasteiger partial charge is 0.167 e. The van der Waals surface area contributed by atoms with Crippen molar-refractivity contribution in [1.82, 2.24) is 19.5 Å². The lowest BCUT2D eigenvalue weighted by atomic mass is 10.0. The molecule has 2 aromatic rings. The summed E-state index contributed by atoms with van der Waals surface area (Å²) in [6.07, 6.45) is 3.61. The number of nitrogens with two attached hydrogens (primary N) is 1. The molecular formula is C11H15N5O2. The highest BCUT2D eigenvalue weighted by Crippen LogP contribution is 2.34. The van der Waals surface area contributed by atoms with Crippen molar-refractivity contribution in [2.45, 2.75) is 25.7 Å². The Morgan fingerprint density at radius 2 is 2.33 bits per heavy atom. The molecule has 1 aliphatic heterocycles. The van der Waals surface area contributed by atoms with Crippen molar-refractivity contribution in [3.05, 3.63) is 12.7 Å². The molecule has 3 atom stereocenters. The van der Waals surface area contributed by atoms with Crippen molar-refractivity contribution in [2.24, 2.45) is 5.92 Å². The third-order valence-corrected chi connectivity index (χ3v) is 3.42. The molecule has 0 bridgehead atoms. The molecule has 1 fully saturated rings. The van der Waals surface area contributed by atoms with Crippen molar-refractivity contribution in [3.8, 4) is 0 Å². The zero-order valence-electron chi connectivity index (χ0n) is 10.0. The van der Waals surface area contributed by atoms with E-state index in [0.29, 0.717) is 22.9 Å². The van der Waals surface area contributed by atoms with Crippen LogP contribution in [0.5, 0.6) is 0 Å². The molecule has 7 heteroatoms. The molecule has 96 valence electrons. The van der Waals surface area contributed by atoms with Gasteiger partial charge in [-0.1, -0.05) is 6.92 Å². The van der Waals surface area contributed by atoms with Crippen molar-refractivity contribution >= 4 is 17.0 Å². The molecule has 7 nitrogen and oxygen atoms in total. The summed E-state index contributed by atoms with van der Waals surface area (Å²) in [5.41, 5.74) is 6.99. The molecule has 0 aromatic carbocycles. The minimum atomic E-state index is -0.156. The largest absolute Gasteiger partial charge is 0.394 e. The van der Waals surface area contributed by atoms with E-state index < -0.39 is 0 Å². The van der Waals surface area contributed by atoms with E-state index in [1.165, 1.54) is 6.33 Å². The van der Waals surface area contributed by atoms with Crippen molar-refractivity contribution in [1.29, 1.82) is 0 Å². The maximum absolute atomic E-state index is 9.21. The minimum absolute atomic E-state index is 0.0292. The lowest BCUT2D eigenvalue weighted by Gasteiger charge is -2.13. The van der Waals surface area contributed by atoms with Crippen LogP contribution in [0.3, 0.4) is 0 Å². The predicted octanol–water partition coefficient (Wildman–Crippen LogP) is 0.324. The number of nitrogen functional groups attached to an aromatic ring is 1. The number of hydrogen-bond acceptors (Lipinski definition) is 6. The zero-order chi connectivity index (χ0) is 12.7. The number of rotatable bonds is 2. The van der Waals surface area contributed by atoms with Gasteiger partial charge in [-0.2, -0.15) is 0 Å². The van der Waals surface area contributed by atoms with Gasteiger partial charge in [-0.25, -0.2) is 15.0 Å². The lowest BCUT2D eigenvalue weighted by molar-refractivity contribution is -0.0277. The number of fused-ring (bicyclic) bond motifs is 1. The van der Waals surface area contributed by atoms with Crippen LogP contribution in [0.2, 0.25) is 0 Å². The number of nitrogens with zero attached hydrogens (tertiary/aromatic N) is 4. The van der Waals surface area contributed by atoms with Gasteiger partial charge in [0.15, 0.2) is 11.5 Å². The third-order valence-electron chi connectivity index (χ3n) is 3.42. The molecule has 1 saturated heterocycles. The van der Waals surface area contributed by atoms with E-state index in [1.807, 2.05) is 4.57 Å². The Labute approximate surface area is 104 Å². The van der Waals surface area contributed by atoms with E-state index in [1.54, 1.807) is 6.33 Å². The molecule has 1 aliphatic rings. The first kappa shape index (κ1) is 11.4. The second-order valence-corrected chi connectivity index (χ2v) is 4.61. The summed E-state index contributed by atoms with van der Waals surface area (Å²) in [5, 5.41) is 9.21. The fraction of sp³-hybridized carbons (Fsp3) is 0.545. The number of hydrogen-bond donors (Lipinski definition) is 2. The van der Waals surface area contributed by atoms with E-state index in [9.17, 15) is 5.11 Å². The summed E-state index contributed by atoms with van der Waals surface area (Å²) in [7, 11) is 0. The summed E-state index contributed by atoms with van der Waals surface area (Å²) in [4.78, 5) is 12.3. The van der Waals surface area contributed by atoms with E-state index in [-0.39, 0.29) is 18.9 Å². The maximum atomic E-state index is 9.21. The molecule has 0 amide bonds. The van der Waals surface area contributed by atoms with Crippen molar-refractivity contribution in [2.75, 3.05) is 12.3 Å². The van der Waals surface area contributed by atoms with E-state index in [0.717, 1.165) is 6.42 Å². The highest BCUT2D eigenvalue weighted by molar-refractivity contribution is 5.81. The van der Waals surface area contributed by atoms with Crippen LogP contribution in [0.15, 0.2) is 12.7 Å². The van der Waals surface area contributed by atoms with Gasteiger partial charge < -0.3 is 15.6 Å². The van der Waals surface area contributed by atoms with Crippen LogP contribution in [-0.4, -0.2) is 37.3 Å². The lowest BCUT2D eigenvalue weighted by Crippen LogP contribution is -2.18. The van der Waals surface area contributed by atoms with Gasteiger partial charge >= 0.3 is 0 Å². The second-order valence-electron chi connectivity index (χ2n) is 4.61. The van der Waals surface area contributed by atoms with Crippen molar-refractivity contribution in [3.63, 3.8) is 0 Å². The van der Waals surface area contributed by atoms with E-state index in [4.69, 9.17) is 10.5 Å². The maximum Gasteiger partial charge on any atom is 0.167 e. The molecule has 0 aliphatic carbocycles. The fourth-order valence-corrected chi connectivity index (χ4v) is 2.34. The number of aliphatic hydroxyl groups is 1. The molecule has 3 rings (SSSR count). The average molecular weight is 249 g/mol. The van der Waals surface area contributed by atoms with Crippen LogP contribution < -0.4 is 5.73 Å². The SMILES string of the molecule is CC1CC(n2cnc3c(N)ncnc32)O[C@@H]1CO. The van der Waals surface area contributed by atoms with Gasteiger partial charge in [-0.05, 0) is 12.3 Å². The average Bonchev–Trinajstić information content (AvgIpc) is 2.93. The molecule has 3 heterocycles. The Morgan fingerprint density at radius 3 is 3.06 bits per heavy atom. The summed E-state index contributed by atoms with van der Waals surface area (Å²) < 4.78 is 7.63. The molecule has 3 N–H and O–H groups in total. The van der Waals surface area contributed by atoms with Crippen LogP contribution in [0.4, 0.5) is 5.82 Å². The van der Waals surface area contributed by atoms with Gasteiger partial charge in [0.1, 0.15) is 18.1 Å². The number of anilines is 1. The Kier molecular flexibility index (Phi) is 2.64. The number of imidazole rings is 1. The second kappa shape index (κ2) is 4.18.